The number of nitrogens with two attached hydrogens (primary N) is 1. The molecule has 0 fully saturated rings. The molecule has 2 heteroatoms. The van der Waals surface area contributed by atoms with E-state index in [1.807, 2.05) is 24.3 Å². The first kappa shape index (κ1) is 16.4. The average Bonchev–Trinajstić information content (AvgIpc) is 2.55. The van der Waals surface area contributed by atoms with Gasteiger partial charge in [-0.3, -0.25) is 0 Å². The lowest BCUT2D eigenvalue weighted by Gasteiger charge is -2.19. The molecule has 0 aliphatic heterocycles. The Balaban J connectivity index is 2.14. The summed E-state index contributed by atoms with van der Waals surface area (Å²) >= 11 is 0. The molecule has 0 aliphatic carbocycles. The number of hydrogen-bond donors (Lipinski definition) is 2. The Bertz CT molecular complexity index is 563. The molecule has 1 atom stereocenters. The monoisotopic (exact) mass is 296 g/mol. The highest BCUT2D eigenvalue weighted by molar-refractivity contribution is 5.64. The molecule has 0 heterocycles. The Morgan fingerprint density at radius 2 is 1.73 bits per heavy atom. The number of unbranched alkanes of at least 4 members (excludes halogenated alkanes) is 2. The fraction of sp³-hybridized carbons (Fsp3) is 0.400. The highest BCUT2D eigenvalue weighted by Crippen LogP contribution is 2.32. The molecule has 1 unspecified atom stereocenters. The van der Waals surface area contributed by atoms with Crippen LogP contribution in [0.25, 0.3) is 0 Å². The van der Waals surface area contributed by atoms with Crippen LogP contribution in [0.4, 0.5) is 17.1 Å². The van der Waals surface area contributed by atoms with Crippen molar-refractivity contribution in [2.75, 3.05) is 11.1 Å². The standard InChI is InChI=1S/C20H28N2/c1-3-5-7-10-16(4-2)19-15-18(13-14-20(19)21)22-17-11-8-6-9-12-17/h6,8-9,11-16,22H,3-5,7,10,21H2,1-2H3. The molecule has 22 heavy (non-hydrogen) atoms. The van der Waals surface area contributed by atoms with Crippen LogP contribution in [-0.2, 0) is 0 Å². The van der Waals surface area contributed by atoms with E-state index in [2.05, 4.69) is 43.4 Å². The smallest absolute Gasteiger partial charge is 0.0388 e. The quantitative estimate of drug-likeness (QED) is 0.457. The lowest BCUT2D eigenvalue weighted by atomic mass is 9.89. The number of para-hydroxylation sites is 1. The number of rotatable bonds is 8. The van der Waals surface area contributed by atoms with Crippen LogP contribution in [0.2, 0.25) is 0 Å². The Labute approximate surface area is 134 Å². The van der Waals surface area contributed by atoms with Gasteiger partial charge in [-0.05, 0) is 54.7 Å². The predicted molar refractivity (Wildman–Crippen MR) is 97.8 cm³/mol. The number of anilines is 3. The SMILES string of the molecule is CCCCCC(CC)c1cc(Nc2ccccc2)ccc1N. The highest BCUT2D eigenvalue weighted by Gasteiger charge is 2.13. The minimum Gasteiger partial charge on any atom is -0.398 e. The summed E-state index contributed by atoms with van der Waals surface area (Å²) in [6.07, 6.45) is 6.22. The van der Waals surface area contributed by atoms with E-state index in [4.69, 9.17) is 5.73 Å². The van der Waals surface area contributed by atoms with Gasteiger partial charge in [-0.15, -0.1) is 0 Å². The Morgan fingerprint density at radius 3 is 2.41 bits per heavy atom. The van der Waals surface area contributed by atoms with E-state index in [0.717, 1.165) is 23.5 Å². The van der Waals surface area contributed by atoms with Crippen molar-refractivity contribution in [1.29, 1.82) is 0 Å². The maximum absolute atomic E-state index is 6.24. The normalized spacial score (nSPS) is 12.1. The summed E-state index contributed by atoms with van der Waals surface area (Å²) in [6.45, 7) is 4.51. The molecule has 2 aromatic carbocycles. The minimum absolute atomic E-state index is 0.559. The van der Waals surface area contributed by atoms with Gasteiger partial charge in [0.05, 0.1) is 0 Å². The lowest BCUT2D eigenvalue weighted by molar-refractivity contribution is 0.555. The van der Waals surface area contributed by atoms with E-state index < -0.39 is 0 Å². The van der Waals surface area contributed by atoms with Gasteiger partial charge in [0.25, 0.3) is 0 Å². The van der Waals surface area contributed by atoms with Gasteiger partial charge in [-0.25, -0.2) is 0 Å². The first-order valence-electron chi connectivity index (χ1n) is 8.46. The van der Waals surface area contributed by atoms with Crippen molar-refractivity contribution >= 4 is 17.1 Å². The summed E-state index contributed by atoms with van der Waals surface area (Å²) in [5.41, 5.74) is 10.7. The third-order valence-corrected chi connectivity index (χ3v) is 4.24. The van der Waals surface area contributed by atoms with E-state index in [1.54, 1.807) is 0 Å². The summed E-state index contributed by atoms with van der Waals surface area (Å²) in [6, 6.07) is 16.6. The number of nitrogen functional groups attached to an aromatic ring is 1. The topological polar surface area (TPSA) is 38.0 Å². The number of nitrogens with one attached hydrogen (secondary N) is 1. The molecule has 2 nitrogen and oxygen atoms in total. The Hall–Kier alpha value is -1.96. The van der Waals surface area contributed by atoms with Crippen molar-refractivity contribution in [1.82, 2.24) is 0 Å². The summed E-state index contributed by atoms with van der Waals surface area (Å²) in [5.74, 6) is 0.559. The van der Waals surface area contributed by atoms with E-state index in [9.17, 15) is 0 Å². The zero-order valence-corrected chi connectivity index (χ0v) is 13.8. The summed E-state index contributed by atoms with van der Waals surface area (Å²) in [7, 11) is 0. The van der Waals surface area contributed by atoms with E-state index >= 15 is 0 Å². The van der Waals surface area contributed by atoms with Gasteiger partial charge in [0, 0.05) is 17.1 Å². The molecule has 0 bridgehead atoms. The van der Waals surface area contributed by atoms with Gasteiger partial charge in [-0.1, -0.05) is 51.3 Å². The van der Waals surface area contributed by atoms with Crippen molar-refractivity contribution in [3.05, 3.63) is 54.1 Å². The fourth-order valence-electron chi connectivity index (χ4n) is 2.91. The predicted octanol–water partition coefficient (Wildman–Crippen LogP) is 6.09. The highest BCUT2D eigenvalue weighted by atomic mass is 14.9. The first-order valence-corrected chi connectivity index (χ1v) is 8.46. The number of hydrogen-bond acceptors (Lipinski definition) is 2. The third kappa shape index (κ3) is 4.52. The summed E-state index contributed by atoms with van der Waals surface area (Å²) < 4.78 is 0. The van der Waals surface area contributed by atoms with Crippen LogP contribution in [0.1, 0.15) is 57.4 Å². The zero-order chi connectivity index (χ0) is 15.8. The summed E-state index contributed by atoms with van der Waals surface area (Å²) in [4.78, 5) is 0. The van der Waals surface area contributed by atoms with Crippen molar-refractivity contribution < 1.29 is 0 Å². The van der Waals surface area contributed by atoms with Gasteiger partial charge < -0.3 is 11.1 Å². The molecule has 0 amide bonds. The lowest BCUT2D eigenvalue weighted by Crippen LogP contribution is -2.03. The molecule has 118 valence electrons. The molecule has 2 rings (SSSR count). The molecule has 0 radical (unpaired) electrons. The van der Waals surface area contributed by atoms with E-state index in [-0.39, 0.29) is 0 Å². The van der Waals surface area contributed by atoms with Gasteiger partial charge in [0.1, 0.15) is 0 Å². The van der Waals surface area contributed by atoms with Gasteiger partial charge in [0.15, 0.2) is 0 Å². The van der Waals surface area contributed by atoms with Crippen LogP contribution in [0, 0.1) is 0 Å². The van der Waals surface area contributed by atoms with Gasteiger partial charge in [-0.2, -0.15) is 0 Å². The van der Waals surface area contributed by atoms with Crippen LogP contribution in [0.3, 0.4) is 0 Å². The third-order valence-electron chi connectivity index (χ3n) is 4.24. The maximum Gasteiger partial charge on any atom is 0.0388 e. The van der Waals surface area contributed by atoms with Crippen LogP contribution in [0.5, 0.6) is 0 Å². The molecule has 2 aromatic rings. The van der Waals surface area contributed by atoms with Crippen LogP contribution >= 0.6 is 0 Å². The van der Waals surface area contributed by atoms with Crippen LogP contribution in [-0.4, -0.2) is 0 Å². The van der Waals surface area contributed by atoms with E-state index in [0.29, 0.717) is 5.92 Å². The fourth-order valence-corrected chi connectivity index (χ4v) is 2.91. The van der Waals surface area contributed by atoms with E-state index in [1.165, 1.54) is 31.2 Å². The average molecular weight is 296 g/mol. The maximum atomic E-state index is 6.24. The number of benzene rings is 2. The Morgan fingerprint density at radius 1 is 0.955 bits per heavy atom. The second-order valence-corrected chi connectivity index (χ2v) is 5.94. The second kappa shape index (κ2) is 8.47. The largest absolute Gasteiger partial charge is 0.398 e. The van der Waals surface area contributed by atoms with Crippen molar-refractivity contribution in [3.8, 4) is 0 Å². The van der Waals surface area contributed by atoms with Gasteiger partial charge >= 0.3 is 0 Å². The molecule has 0 aromatic heterocycles. The van der Waals surface area contributed by atoms with Crippen molar-refractivity contribution in [2.24, 2.45) is 0 Å². The first-order chi connectivity index (χ1) is 10.7. The zero-order valence-electron chi connectivity index (χ0n) is 13.8. The molecular formula is C20H28N2. The Kier molecular flexibility index (Phi) is 6.32. The molecular weight excluding hydrogens is 268 g/mol. The van der Waals surface area contributed by atoms with Gasteiger partial charge in [0.2, 0.25) is 0 Å². The molecule has 0 aliphatic rings. The van der Waals surface area contributed by atoms with Crippen LogP contribution in [0.15, 0.2) is 48.5 Å². The molecule has 0 saturated heterocycles. The van der Waals surface area contributed by atoms with Crippen molar-refractivity contribution in [3.63, 3.8) is 0 Å². The minimum atomic E-state index is 0.559. The van der Waals surface area contributed by atoms with Crippen molar-refractivity contribution in [2.45, 2.75) is 51.9 Å². The summed E-state index contributed by atoms with van der Waals surface area (Å²) in [5, 5.41) is 3.46. The molecule has 0 saturated carbocycles. The van der Waals surface area contributed by atoms with Crippen LogP contribution < -0.4 is 11.1 Å². The molecule has 3 N–H and O–H groups in total. The molecule has 0 spiro atoms. The second-order valence-electron chi connectivity index (χ2n) is 5.94.